The van der Waals surface area contributed by atoms with Gasteiger partial charge in [-0.25, -0.2) is 8.78 Å². The van der Waals surface area contributed by atoms with Gasteiger partial charge in [-0.2, -0.15) is 0 Å². The average Bonchev–Trinajstić information content (AvgIpc) is 2.63. The second kappa shape index (κ2) is 6.18. The van der Waals surface area contributed by atoms with E-state index >= 15 is 0 Å². The summed E-state index contributed by atoms with van der Waals surface area (Å²) in [5, 5.41) is 3.44. The van der Waals surface area contributed by atoms with Gasteiger partial charge in [0.2, 0.25) is 0 Å². The quantitative estimate of drug-likeness (QED) is 0.675. The minimum absolute atomic E-state index is 0.0175. The second-order valence-corrected chi connectivity index (χ2v) is 7.50. The lowest BCUT2D eigenvalue weighted by Crippen LogP contribution is -2.19. The largest absolute Gasteiger partial charge is 0.308 e. The zero-order valence-electron chi connectivity index (χ0n) is 9.61. The number of rotatable bonds is 3. The molecule has 1 aromatic carbocycles. The fraction of sp³-hybridized carbons (Fsp3) is 0.167. The van der Waals surface area contributed by atoms with Crippen molar-refractivity contribution in [3.8, 4) is 0 Å². The van der Waals surface area contributed by atoms with Gasteiger partial charge in [-0.15, -0.1) is 11.3 Å². The summed E-state index contributed by atoms with van der Waals surface area (Å²) in [5.74, 6) is -1.21. The number of thiophene rings is 1. The highest BCUT2D eigenvalue weighted by Crippen LogP contribution is 2.38. The molecule has 0 fully saturated rings. The molecule has 1 unspecified atom stereocenters. The van der Waals surface area contributed by atoms with Crippen LogP contribution in [0.4, 0.5) is 8.78 Å². The molecule has 1 heterocycles. The minimum atomic E-state index is -0.605. The molecule has 1 aromatic heterocycles. The van der Waals surface area contributed by atoms with Crippen molar-refractivity contribution in [2.24, 2.45) is 0 Å². The van der Waals surface area contributed by atoms with E-state index in [9.17, 15) is 8.78 Å². The molecule has 0 saturated carbocycles. The fourth-order valence-electron chi connectivity index (χ4n) is 1.76. The van der Waals surface area contributed by atoms with Crippen molar-refractivity contribution < 1.29 is 8.78 Å². The first kappa shape index (κ1) is 15.4. The van der Waals surface area contributed by atoms with E-state index < -0.39 is 17.7 Å². The van der Waals surface area contributed by atoms with Crippen LogP contribution in [0.25, 0.3) is 0 Å². The van der Waals surface area contributed by atoms with Gasteiger partial charge in [0.1, 0.15) is 11.6 Å². The standard InChI is InChI=1S/C12H8Br2ClF2NS/c1-18-11(9-4-6(15)12(14)19-9)10-7(16)2-5(13)3-8(10)17/h2-4,11,18H,1H3. The maximum Gasteiger partial charge on any atom is 0.132 e. The Labute approximate surface area is 135 Å². The predicted molar refractivity (Wildman–Crippen MR) is 82.0 cm³/mol. The molecule has 0 aliphatic carbocycles. The van der Waals surface area contributed by atoms with Gasteiger partial charge < -0.3 is 5.32 Å². The van der Waals surface area contributed by atoms with Gasteiger partial charge in [-0.05, 0) is 41.2 Å². The Morgan fingerprint density at radius 1 is 1.21 bits per heavy atom. The van der Waals surface area contributed by atoms with E-state index in [2.05, 4.69) is 37.2 Å². The van der Waals surface area contributed by atoms with Crippen molar-refractivity contribution in [1.29, 1.82) is 0 Å². The molecule has 0 amide bonds. The molecule has 0 saturated heterocycles. The van der Waals surface area contributed by atoms with Crippen LogP contribution in [0.5, 0.6) is 0 Å². The zero-order valence-corrected chi connectivity index (χ0v) is 14.4. The third kappa shape index (κ3) is 3.19. The molecular weight excluding hydrogens is 423 g/mol. The van der Waals surface area contributed by atoms with E-state index in [1.165, 1.54) is 23.5 Å². The summed E-state index contributed by atoms with van der Waals surface area (Å²) in [6, 6.07) is 3.60. The molecule has 7 heteroatoms. The van der Waals surface area contributed by atoms with Gasteiger partial charge >= 0.3 is 0 Å². The normalized spacial score (nSPS) is 12.7. The third-order valence-electron chi connectivity index (χ3n) is 2.57. The van der Waals surface area contributed by atoms with Gasteiger partial charge in [0.15, 0.2) is 0 Å². The molecule has 1 nitrogen and oxygen atoms in total. The first-order valence-electron chi connectivity index (χ1n) is 5.20. The number of nitrogens with one attached hydrogen (secondary N) is 1. The summed E-state index contributed by atoms with van der Waals surface area (Å²) in [6.45, 7) is 0. The van der Waals surface area contributed by atoms with Crippen LogP contribution >= 0.6 is 54.8 Å². The topological polar surface area (TPSA) is 12.0 Å². The van der Waals surface area contributed by atoms with Crippen LogP contribution in [-0.4, -0.2) is 7.05 Å². The Morgan fingerprint density at radius 2 is 1.79 bits per heavy atom. The Hall–Kier alpha value is -0.0100. The highest BCUT2D eigenvalue weighted by molar-refractivity contribution is 9.11. The molecule has 2 rings (SSSR count). The first-order valence-corrected chi connectivity index (χ1v) is 7.98. The summed E-state index contributed by atoms with van der Waals surface area (Å²) in [4.78, 5) is 0.736. The number of halogens is 5. The van der Waals surface area contributed by atoms with Crippen molar-refractivity contribution in [3.63, 3.8) is 0 Å². The van der Waals surface area contributed by atoms with Crippen LogP contribution in [0.3, 0.4) is 0 Å². The number of hydrogen-bond donors (Lipinski definition) is 1. The van der Waals surface area contributed by atoms with E-state index in [4.69, 9.17) is 11.6 Å². The van der Waals surface area contributed by atoms with Crippen molar-refractivity contribution in [2.75, 3.05) is 7.05 Å². The number of benzene rings is 1. The Morgan fingerprint density at radius 3 is 2.21 bits per heavy atom. The van der Waals surface area contributed by atoms with Crippen molar-refractivity contribution in [2.45, 2.75) is 6.04 Å². The lowest BCUT2D eigenvalue weighted by atomic mass is 10.0. The van der Waals surface area contributed by atoms with Crippen molar-refractivity contribution in [1.82, 2.24) is 5.32 Å². The van der Waals surface area contributed by atoms with Gasteiger partial charge in [0.25, 0.3) is 0 Å². The van der Waals surface area contributed by atoms with Crippen molar-refractivity contribution >= 4 is 54.8 Å². The molecule has 0 spiro atoms. The van der Waals surface area contributed by atoms with Gasteiger partial charge in [0, 0.05) is 14.9 Å². The molecule has 0 aliphatic heterocycles. The van der Waals surface area contributed by atoms with E-state index in [0.29, 0.717) is 9.50 Å². The summed E-state index contributed by atoms with van der Waals surface area (Å²) in [6.07, 6.45) is 0. The monoisotopic (exact) mass is 429 g/mol. The maximum absolute atomic E-state index is 14.0. The molecule has 102 valence electrons. The SMILES string of the molecule is CNC(c1cc(Cl)c(Br)s1)c1c(F)cc(Br)cc1F. The molecular formula is C12H8Br2ClF2NS. The minimum Gasteiger partial charge on any atom is -0.308 e. The Bertz CT molecular complexity index is 575. The van der Waals surface area contributed by atoms with Gasteiger partial charge in [-0.1, -0.05) is 27.5 Å². The fourth-order valence-corrected chi connectivity index (χ4v) is 4.03. The van der Waals surface area contributed by atoms with Crippen LogP contribution in [0.1, 0.15) is 16.5 Å². The van der Waals surface area contributed by atoms with Crippen LogP contribution in [0.2, 0.25) is 5.02 Å². The molecule has 0 radical (unpaired) electrons. The Kier molecular flexibility index (Phi) is 5.00. The predicted octanol–water partition coefficient (Wildman–Crippen LogP) is 5.51. The van der Waals surface area contributed by atoms with E-state index in [1.54, 1.807) is 13.1 Å². The first-order chi connectivity index (χ1) is 8.93. The van der Waals surface area contributed by atoms with Crippen LogP contribution in [-0.2, 0) is 0 Å². The molecule has 1 N–H and O–H groups in total. The average molecular weight is 432 g/mol. The van der Waals surface area contributed by atoms with E-state index in [1.807, 2.05) is 0 Å². The molecule has 2 aromatic rings. The van der Waals surface area contributed by atoms with Crippen LogP contribution < -0.4 is 5.32 Å². The third-order valence-corrected chi connectivity index (χ3v) is 5.57. The smallest absolute Gasteiger partial charge is 0.132 e. The van der Waals surface area contributed by atoms with Gasteiger partial charge in [0.05, 0.1) is 14.9 Å². The molecule has 0 bridgehead atoms. The summed E-state index contributed by atoms with van der Waals surface area (Å²) < 4.78 is 29.1. The molecule has 1 atom stereocenters. The highest BCUT2D eigenvalue weighted by atomic mass is 79.9. The van der Waals surface area contributed by atoms with E-state index in [0.717, 1.165) is 8.66 Å². The summed E-state index contributed by atoms with van der Waals surface area (Å²) >= 11 is 13.7. The second-order valence-electron chi connectivity index (χ2n) is 3.78. The van der Waals surface area contributed by atoms with Crippen LogP contribution in [0, 0.1) is 11.6 Å². The highest BCUT2D eigenvalue weighted by Gasteiger charge is 2.23. The van der Waals surface area contributed by atoms with E-state index in [-0.39, 0.29) is 5.56 Å². The lowest BCUT2D eigenvalue weighted by molar-refractivity contribution is 0.523. The maximum atomic E-state index is 14.0. The molecule has 19 heavy (non-hydrogen) atoms. The zero-order chi connectivity index (χ0) is 14.2. The van der Waals surface area contributed by atoms with Crippen molar-refractivity contribution in [3.05, 3.63) is 53.6 Å². The molecule has 0 aliphatic rings. The van der Waals surface area contributed by atoms with Crippen LogP contribution in [0.15, 0.2) is 26.5 Å². The van der Waals surface area contributed by atoms with Gasteiger partial charge in [-0.3, -0.25) is 0 Å². The summed E-state index contributed by atoms with van der Waals surface area (Å²) in [7, 11) is 1.65. The summed E-state index contributed by atoms with van der Waals surface area (Å²) in [5.41, 5.74) is -0.0175. The Balaban J connectivity index is 2.54. The lowest BCUT2D eigenvalue weighted by Gasteiger charge is -2.17. The number of hydrogen-bond acceptors (Lipinski definition) is 2.